The zero-order valence-electron chi connectivity index (χ0n) is 34.7. The maximum Gasteiger partial charge on any atom is 0.338 e. The topological polar surface area (TPSA) is 205 Å². The van der Waals surface area contributed by atoms with Crippen LogP contribution >= 0.6 is 0 Å². The number of esters is 2. The van der Waals surface area contributed by atoms with Gasteiger partial charge < -0.3 is 54.3 Å². The van der Waals surface area contributed by atoms with Crippen LogP contribution in [0.5, 0.6) is 0 Å². The van der Waals surface area contributed by atoms with E-state index in [1.807, 2.05) is 25.1 Å². The Labute approximate surface area is 349 Å². The number of ether oxygens (including phenoxy) is 5. The number of hydrogen-bond acceptors (Lipinski definition) is 13. The van der Waals surface area contributed by atoms with Gasteiger partial charge in [0.1, 0.15) is 47.3 Å². The molecule has 324 valence electrons. The van der Waals surface area contributed by atoms with Gasteiger partial charge in [0.15, 0.2) is 5.79 Å². The Morgan fingerprint density at radius 3 is 2.25 bits per heavy atom. The first kappa shape index (κ1) is 41.8. The van der Waals surface area contributed by atoms with Crippen molar-refractivity contribution in [2.45, 2.75) is 131 Å². The van der Waals surface area contributed by atoms with Crippen molar-refractivity contribution in [3.8, 4) is 0 Å². The standard InChI is InChI=1S/C47H58O13/c1-25-22-33-45(54)37(25)57-34(49)19-13-12-18-32(56-40(51)28-14-8-6-9-15-28)31-21-20-29(26(31)2)23-42(4,53)47(55)36(50)35(39-44(24-48,59-39)41(45)52)46(33)27(3)38(47)58-43(5,60-46)30-16-10-7-11-17-30/h6-19,25-27,29,31-33,35-39,41,48,50,52-55H,20-24H2,1-5H3/b18-12+,19-13+/t25-,26-,27+,29+,31-,32-,33+,35+,36+,37-,38-,39-,41+,42+,43?,44-,45+,46-,47+/m0/s1. The Hall–Kier alpha value is -3.50. The van der Waals surface area contributed by atoms with Gasteiger partial charge in [-0.2, -0.15) is 0 Å². The summed E-state index contributed by atoms with van der Waals surface area (Å²) in [5, 5.41) is 76.4. The van der Waals surface area contributed by atoms with E-state index >= 15 is 0 Å². The normalized spacial score (nSPS) is 51.6. The number of hydrogen-bond donors (Lipinski definition) is 6. The van der Waals surface area contributed by atoms with Crippen LogP contribution < -0.4 is 0 Å². The van der Waals surface area contributed by atoms with Crippen LogP contribution in [0.25, 0.3) is 0 Å². The molecular weight excluding hydrogens is 773 g/mol. The highest BCUT2D eigenvalue weighted by atomic mass is 16.7. The van der Waals surface area contributed by atoms with Crippen LogP contribution in [0.2, 0.25) is 0 Å². The second kappa shape index (κ2) is 14.3. The summed E-state index contributed by atoms with van der Waals surface area (Å²) in [6.07, 6.45) is -0.925. The van der Waals surface area contributed by atoms with Crippen LogP contribution in [0.4, 0.5) is 0 Å². The smallest absolute Gasteiger partial charge is 0.338 e. The van der Waals surface area contributed by atoms with Crippen LogP contribution in [0, 0.1) is 41.4 Å². The number of fused-ring (bicyclic) bond motifs is 6. The zero-order chi connectivity index (χ0) is 42.8. The van der Waals surface area contributed by atoms with E-state index in [1.165, 1.54) is 19.1 Å². The van der Waals surface area contributed by atoms with E-state index in [0.29, 0.717) is 24.0 Å². The molecule has 6 fully saturated rings. The highest BCUT2D eigenvalue weighted by Crippen LogP contribution is 2.72. The molecule has 13 heteroatoms. The summed E-state index contributed by atoms with van der Waals surface area (Å²) < 4.78 is 32.8. The summed E-state index contributed by atoms with van der Waals surface area (Å²) in [6, 6.07) is 17.7. The van der Waals surface area contributed by atoms with Crippen molar-refractivity contribution in [2.24, 2.45) is 41.4 Å². The number of benzene rings is 2. The summed E-state index contributed by atoms with van der Waals surface area (Å²) in [4.78, 5) is 27.2. The van der Waals surface area contributed by atoms with Gasteiger partial charge in [0.2, 0.25) is 0 Å². The summed E-state index contributed by atoms with van der Waals surface area (Å²) in [7, 11) is 0. The van der Waals surface area contributed by atoms with Gasteiger partial charge in [0.25, 0.3) is 0 Å². The van der Waals surface area contributed by atoms with Crippen molar-refractivity contribution in [1.29, 1.82) is 0 Å². The Morgan fingerprint density at radius 1 is 0.883 bits per heavy atom. The van der Waals surface area contributed by atoms with Crippen molar-refractivity contribution >= 4 is 11.9 Å². The maximum atomic E-state index is 13.8. The van der Waals surface area contributed by atoms with Gasteiger partial charge in [-0.05, 0) is 75.5 Å². The monoisotopic (exact) mass is 830 g/mol. The molecule has 2 aromatic rings. The number of allylic oxidation sites excluding steroid dienone is 2. The Morgan fingerprint density at radius 2 is 1.57 bits per heavy atom. The lowest BCUT2D eigenvalue weighted by Crippen LogP contribution is -2.84. The van der Waals surface area contributed by atoms with E-state index < -0.39 is 113 Å². The van der Waals surface area contributed by atoms with Gasteiger partial charge in [-0.25, -0.2) is 9.59 Å². The Balaban J connectivity index is 1.22. The van der Waals surface area contributed by atoms with Gasteiger partial charge >= 0.3 is 11.9 Å². The van der Waals surface area contributed by atoms with E-state index in [-0.39, 0.29) is 30.6 Å². The molecule has 19 atom stereocenters. The second-order valence-corrected chi connectivity index (χ2v) is 19.3. The number of carbonyl (C=O) groups excluding carboxylic acids is 2. The third kappa shape index (κ3) is 5.70. The number of epoxide rings is 1. The molecule has 2 aromatic carbocycles. The molecule has 1 spiro atoms. The van der Waals surface area contributed by atoms with Crippen LogP contribution in [0.3, 0.4) is 0 Å². The molecule has 2 saturated heterocycles. The first-order valence-corrected chi connectivity index (χ1v) is 21.5. The van der Waals surface area contributed by atoms with E-state index in [9.17, 15) is 40.2 Å². The first-order valence-electron chi connectivity index (χ1n) is 21.5. The van der Waals surface area contributed by atoms with Crippen molar-refractivity contribution in [3.63, 3.8) is 0 Å². The van der Waals surface area contributed by atoms with Crippen LogP contribution in [0.1, 0.15) is 76.2 Å². The van der Waals surface area contributed by atoms with Crippen molar-refractivity contribution < 1.29 is 63.9 Å². The molecule has 0 radical (unpaired) electrons. The summed E-state index contributed by atoms with van der Waals surface area (Å²) in [5.74, 6) is -7.40. The largest absolute Gasteiger partial charge is 0.456 e. The molecule has 0 amide bonds. The van der Waals surface area contributed by atoms with Crippen molar-refractivity contribution in [1.82, 2.24) is 0 Å². The minimum atomic E-state index is -2.42. The van der Waals surface area contributed by atoms with E-state index in [2.05, 4.69) is 0 Å². The molecule has 1 unspecified atom stereocenters. The lowest BCUT2D eigenvalue weighted by Gasteiger charge is -2.69. The Kier molecular flexibility index (Phi) is 9.95. The molecular formula is C47H58O13. The average molecular weight is 831 g/mol. The second-order valence-electron chi connectivity index (χ2n) is 19.3. The minimum Gasteiger partial charge on any atom is -0.456 e. The number of aliphatic hydroxyl groups is 6. The van der Waals surface area contributed by atoms with Gasteiger partial charge in [0, 0.05) is 35.3 Å². The predicted molar refractivity (Wildman–Crippen MR) is 213 cm³/mol. The molecule has 4 heterocycles. The summed E-state index contributed by atoms with van der Waals surface area (Å²) in [6.45, 7) is 8.04. The number of carbonyl (C=O) groups is 2. The average Bonchev–Trinajstić information content (AvgIpc) is 3.78. The summed E-state index contributed by atoms with van der Waals surface area (Å²) in [5.41, 5.74) is -9.35. The van der Waals surface area contributed by atoms with Crippen molar-refractivity contribution in [2.75, 3.05) is 6.61 Å². The third-order valence-electron chi connectivity index (χ3n) is 16.2. The lowest BCUT2D eigenvalue weighted by atomic mass is 9.50. The van der Waals surface area contributed by atoms with Crippen LogP contribution in [-0.4, -0.2) is 114 Å². The summed E-state index contributed by atoms with van der Waals surface area (Å²) >= 11 is 0. The SMILES string of the molecule is C[C@H]1[C@@H]2CC[C@@H]1[C@@H](OC(=O)c1ccccc1)/C=C/C=C/C(=O)O[C@H]1[C@@H](C)C[C@@H]3[C@]1(O)[C@H](O)[C@@]1(CO)O[C@H]1[C@H]1[C@@H](O)[C@@](O)([C@H]4OC(C)(c5ccccc5)O[C@]13[C@@H]4C)[C@](C)(O)C2. The minimum absolute atomic E-state index is 0.0184. The highest BCUT2D eigenvalue weighted by Gasteiger charge is 2.88. The fourth-order valence-electron chi connectivity index (χ4n) is 13.1. The van der Waals surface area contributed by atoms with E-state index in [1.54, 1.807) is 75.4 Å². The third-order valence-corrected chi connectivity index (χ3v) is 16.2. The van der Waals surface area contributed by atoms with E-state index in [0.717, 1.165) is 0 Å². The van der Waals surface area contributed by atoms with Crippen LogP contribution in [0.15, 0.2) is 85.0 Å². The molecule has 10 rings (SSSR count). The van der Waals surface area contributed by atoms with Crippen molar-refractivity contribution in [3.05, 3.63) is 96.1 Å². The molecule has 8 aliphatic rings. The van der Waals surface area contributed by atoms with Gasteiger partial charge in [-0.1, -0.05) is 81.5 Å². The van der Waals surface area contributed by atoms with E-state index in [4.69, 9.17) is 23.7 Å². The predicted octanol–water partition coefficient (Wildman–Crippen LogP) is 3.33. The van der Waals surface area contributed by atoms with Gasteiger partial charge in [-0.15, -0.1) is 0 Å². The number of aliphatic hydroxyl groups excluding tert-OH is 3. The Bertz CT molecular complexity index is 2040. The molecule has 4 aliphatic carbocycles. The quantitative estimate of drug-likeness (QED) is 0.194. The number of rotatable bonds is 4. The fraction of sp³-hybridized carbons (Fsp3) is 0.617. The fourth-order valence-corrected chi connectivity index (χ4v) is 13.1. The molecule has 13 nitrogen and oxygen atoms in total. The first-order chi connectivity index (χ1) is 28.4. The molecule has 0 aromatic heterocycles. The van der Waals surface area contributed by atoms with Gasteiger partial charge in [-0.3, -0.25) is 0 Å². The molecule has 4 aliphatic heterocycles. The maximum absolute atomic E-state index is 13.8. The highest BCUT2D eigenvalue weighted by molar-refractivity contribution is 5.89. The lowest BCUT2D eigenvalue weighted by molar-refractivity contribution is -0.465. The molecule has 9 bridgehead atoms. The molecule has 60 heavy (non-hydrogen) atoms. The molecule has 4 saturated carbocycles. The van der Waals surface area contributed by atoms with Crippen LogP contribution in [-0.2, 0) is 34.3 Å². The zero-order valence-corrected chi connectivity index (χ0v) is 34.7. The molecule has 6 N–H and O–H groups in total. The van der Waals surface area contributed by atoms with Gasteiger partial charge in [0.05, 0.1) is 29.5 Å².